The van der Waals surface area contributed by atoms with E-state index in [0.29, 0.717) is 28.5 Å². The molecule has 2 aromatic rings. The third-order valence-electron chi connectivity index (χ3n) is 2.99. The first-order valence-corrected chi connectivity index (χ1v) is 7.73. The molecule has 0 amide bonds. The molecule has 0 atom stereocenters. The molecule has 6 heteroatoms. The van der Waals surface area contributed by atoms with Crippen LogP contribution >= 0.6 is 11.3 Å². The summed E-state index contributed by atoms with van der Waals surface area (Å²) >= 11 is 0.949. The Labute approximate surface area is 137 Å². The molecule has 120 valence electrons. The number of carboxylic acid groups (broad SMARTS) is 1. The average Bonchev–Trinajstić information content (AvgIpc) is 3.03. The van der Waals surface area contributed by atoms with E-state index in [0.717, 1.165) is 11.3 Å². The predicted octanol–water partition coefficient (Wildman–Crippen LogP) is 3.75. The third-order valence-corrected chi connectivity index (χ3v) is 4.08. The second kappa shape index (κ2) is 7.60. The topological polar surface area (TPSA) is 72.8 Å². The van der Waals surface area contributed by atoms with Crippen LogP contribution in [0, 0.1) is 0 Å². The molecule has 1 heterocycles. The highest BCUT2D eigenvalue weighted by atomic mass is 32.1. The zero-order valence-electron chi connectivity index (χ0n) is 12.7. The third kappa shape index (κ3) is 3.98. The highest BCUT2D eigenvalue weighted by Gasteiger charge is 2.12. The molecule has 0 fully saturated rings. The smallest absolute Gasteiger partial charge is 0.345 e. The van der Waals surface area contributed by atoms with E-state index in [4.69, 9.17) is 14.6 Å². The molecule has 0 bridgehead atoms. The van der Waals surface area contributed by atoms with Crippen molar-refractivity contribution in [2.75, 3.05) is 13.7 Å². The fourth-order valence-electron chi connectivity index (χ4n) is 1.98. The molecule has 0 aliphatic rings. The highest BCUT2D eigenvalue weighted by Crippen LogP contribution is 2.32. The lowest BCUT2D eigenvalue weighted by Crippen LogP contribution is -1.97. The van der Waals surface area contributed by atoms with Gasteiger partial charge in [0.15, 0.2) is 17.3 Å². The maximum Gasteiger partial charge on any atom is 0.345 e. The standard InChI is InChI=1S/C17H16O5S/c1-3-22-13-6-4-5-11(16(13)21-2)7-8-12(18)14-9-10-15(23-14)17(19)20/h4-10H,3H2,1-2H3,(H,19,20)/b8-7+. The van der Waals surface area contributed by atoms with E-state index in [2.05, 4.69) is 0 Å². The molecule has 0 saturated carbocycles. The van der Waals surface area contributed by atoms with Gasteiger partial charge in [-0.15, -0.1) is 11.3 Å². The summed E-state index contributed by atoms with van der Waals surface area (Å²) in [5, 5.41) is 8.89. The van der Waals surface area contributed by atoms with Crippen molar-refractivity contribution in [3.05, 3.63) is 51.7 Å². The van der Waals surface area contributed by atoms with Crippen LogP contribution in [0.2, 0.25) is 0 Å². The summed E-state index contributed by atoms with van der Waals surface area (Å²) in [6.07, 6.45) is 3.02. The number of allylic oxidation sites excluding steroid dienone is 1. The van der Waals surface area contributed by atoms with E-state index in [1.54, 1.807) is 12.1 Å². The lowest BCUT2D eigenvalue weighted by atomic mass is 10.1. The zero-order chi connectivity index (χ0) is 16.8. The lowest BCUT2D eigenvalue weighted by molar-refractivity contribution is 0.0702. The van der Waals surface area contributed by atoms with Crippen molar-refractivity contribution in [1.29, 1.82) is 0 Å². The molecular weight excluding hydrogens is 316 g/mol. The van der Waals surface area contributed by atoms with Crippen LogP contribution < -0.4 is 9.47 Å². The second-order valence-electron chi connectivity index (χ2n) is 4.48. The number of carbonyl (C=O) groups excluding carboxylic acids is 1. The number of benzene rings is 1. The van der Waals surface area contributed by atoms with E-state index in [1.807, 2.05) is 19.1 Å². The molecule has 1 aromatic heterocycles. The Balaban J connectivity index is 2.23. The van der Waals surface area contributed by atoms with Gasteiger partial charge < -0.3 is 14.6 Å². The van der Waals surface area contributed by atoms with Crippen LogP contribution in [0.1, 0.15) is 31.8 Å². The van der Waals surface area contributed by atoms with Gasteiger partial charge in [0, 0.05) is 5.56 Å². The monoisotopic (exact) mass is 332 g/mol. The van der Waals surface area contributed by atoms with Gasteiger partial charge in [0.2, 0.25) is 0 Å². The van der Waals surface area contributed by atoms with E-state index >= 15 is 0 Å². The number of ether oxygens (including phenoxy) is 2. The van der Waals surface area contributed by atoms with Crippen LogP contribution in [-0.2, 0) is 0 Å². The van der Waals surface area contributed by atoms with Crippen molar-refractivity contribution in [2.24, 2.45) is 0 Å². The fraction of sp³-hybridized carbons (Fsp3) is 0.176. The van der Waals surface area contributed by atoms with E-state index < -0.39 is 5.97 Å². The number of ketones is 1. The van der Waals surface area contributed by atoms with Crippen LogP contribution in [0.5, 0.6) is 11.5 Å². The van der Waals surface area contributed by atoms with Crippen LogP contribution in [0.15, 0.2) is 36.4 Å². The van der Waals surface area contributed by atoms with Gasteiger partial charge in [0.05, 0.1) is 18.6 Å². The van der Waals surface area contributed by atoms with E-state index in [9.17, 15) is 9.59 Å². The largest absolute Gasteiger partial charge is 0.492 e. The van der Waals surface area contributed by atoms with Gasteiger partial charge in [-0.3, -0.25) is 4.79 Å². The van der Waals surface area contributed by atoms with Crippen molar-refractivity contribution in [1.82, 2.24) is 0 Å². The second-order valence-corrected chi connectivity index (χ2v) is 5.56. The van der Waals surface area contributed by atoms with Crippen LogP contribution in [0.4, 0.5) is 0 Å². The number of carbonyl (C=O) groups is 2. The van der Waals surface area contributed by atoms with E-state index in [-0.39, 0.29) is 10.7 Å². The van der Waals surface area contributed by atoms with Crippen LogP contribution in [0.25, 0.3) is 6.08 Å². The summed E-state index contributed by atoms with van der Waals surface area (Å²) in [5.41, 5.74) is 0.710. The van der Waals surface area contributed by atoms with Gasteiger partial charge in [-0.2, -0.15) is 0 Å². The lowest BCUT2D eigenvalue weighted by Gasteiger charge is -2.11. The van der Waals surface area contributed by atoms with Crippen molar-refractivity contribution in [2.45, 2.75) is 6.92 Å². The molecule has 0 aliphatic carbocycles. The minimum atomic E-state index is -1.04. The first-order valence-electron chi connectivity index (χ1n) is 6.92. The Kier molecular flexibility index (Phi) is 5.54. The number of rotatable bonds is 7. The van der Waals surface area contributed by atoms with Crippen molar-refractivity contribution in [3.8, 4) is 11.5 Å². The fourth-order valence-corrected chi connectivity index (χ4v) is 2.75. The van der Waals surface area contributed by atoms with Gasteiger partial charge in [0.25, 0.3) is 0 Å². The Morgan fingerprint density at radius 1 is 1.22 bits per heavy atom. The van der Waals surface area contributed by atoms with Gasteiger partial charge in [-0.25, -0.2) is 4.79 Å². The number of para-hydroxylation sites is 1. The number of thiophene rings is 1. The van der Waals surface area contributed by atoms with Gasteiger partial charge in [-0.1, -0.05) is 12.1 Å². The molecule has 23 heavy (non-hydrogen) atoms. The van der Waals surface area contributed by atoms with E-state index in [1.165, 1.54) is 25.3 Å². The van der Waals surface area contributed by atoms with Crippen molar-refractivity contribution < 1.29 is 24.2 Å². The zero-order valence-corrected chi connectivity index (χ0v) is 13.6. The Hall–Kier alpha value is -2.60. The normalized spacial score (nSPS) is 10.7. The minimum absolute atomic E-state index is 0.137. The predicted molar refractivity (Wildman–Crippen MR) is 88.8 cm³/mol. The number of hydrogen-bond acceptors (Lipinski definition) is 5. The van der Waals surface area contributed by atoms with Gasteiger partial charge >= 0.3 is 5.97 Å². The molecule has 1 aromatic carbocycles. The summed E-state index contributed by atoms with van der Waals surface area (Å²) in [6.45, 7) is 2.39. The Morgan fingerprint density at radius 2 is 1.96 bits per heavy atom. The summed E-state index contributed by atoms with van der Waals surface area (Å²) < 4.78 is 10.8. The molecule has 0 aliphatic heterocycles. The summed E-state index contributed by atoms with van der Waals surface area (Å²) in [5.74, 6) is -0.139. The Morgan fingerprint density at radius 3 is 2.57 bits per heavy atom. The molecule has 1 N–H and O–H groups in total. The first-order chi connectivity index (χ1) is 11.1. The molecule has 0 saturated heterocycles. The number of hydrogen-bond donors (Lipinski definition) is 1. The summed E-state index contributed by atoms with van der Waals surface area (Å²) in [4.78, 5) is 23.5. The molecule has 0 spiro atoms. The molecule has 0 radical (unpaired) electrons. The first kappa shape index (κ1) is 16.8. The summed E-state index contributed by atoms with van der Waals surface area (Å²) in [7, 11) is 1.54. The van der Waals surface area contributed by atoms with Crippen molar-refractivity contribution in [3.63, 3.8) is 0 Å². The maximum absolute atomic E-state index is 12.1. The van der Waals surface area contributed by atoms with Crippen molar-refractivity contribution >= 4 is 29.2 Å². The number of aromatic carboxylic acids is 1. The highest BCUT2D eigenvalue weighted by molar-refractivity contribution is 7.16. The quantitative estimate of drug-likeness (QED) is 0.617. The Bertz CT molecular complexity index is 745. The SMILES string of the molecule is CCOc1cccc(/C=C/C(=O)c2ccc(C(=O)O)s2)c1OC. The molecule has 5 nitrogen and oxygen atoms in total. The average molecular weight is 332 g/mol. The number of methoxy groups -OCH3 is 1. The summed E-state index contributed by atoms with van der Waals surface area (Å²) in [6, 6.07) is 8.34. The van der Waals surface area contributed by atoms with Crippen LogP contribution in [-0.4, -0.2) is 30.6 Å². The molecular formula is C17H16O5S. The minimum Gasteiger partial charge on any atom is -0.492 e. The molecule has 2 rings (SSSR count). The molecule has 0 unspecified atom stereocenters. The van der Waals surface area contributed by atoms with Gasteiger partial charge in [-0.05, 0) is 37.3 Å². The maximum atomic E-state index is 12.1. The van der Waals surface area contributed by atoms with Crippen LogP contribution in [0.3, 0.4) is 0 Å². The van der Waals surface area contributed by atoms with Gasteiger partial charge in [0.1, 0.15) is 4.88 Å². The number of carboxylic acids is 1.